The van der Waals surface area contributed by atoms with Crippen LogP contribution < -0.4 is 15.8 Å². The lowest BCUT2D eigenvalue weighted by atomic mass is 9.89. The maximum atomic E-state index is 5.97. The predicted octanol–water partition coefficient (Wildman–Crippen LogP) is 1.93. The minimum atomic E-state index is 0.445. The van der Waals surface area contributed by atoms with Crippen LogP contribution in [-0.2, 0) is 11.3 Å². The van der Waals surface area contributed by atoms with Gasteiger partial charge in [-0.3, -0.25) is 0 Å². The van der Waals surface area contributed by atoms with Crippen molar-refractivity contribution in [3.8, 4) is 5.75 Å². The molecule has 1 aromatic rings. The molecule has 1 aliphatic carbocycles. The fraction of sp³-hybridized carbons (Fsp3) is 0.571. The highest BCUT2D eigenvalue weighted by molar-refractivity contribution is 5.51. The Balaban J connectivity index is 1.77. The molecule has 0 unspecified atom stereocenters. The fourth-order valence-corrected chi connectivity index (χ4v) is 2.22. The molecular formula is C14H22N2O2. The third-order valence-electron chi connectivity index (χ3n) is 3.43. The van der Waals surface area contributed by atoms with Crippen LogP contribution in [0.2, 0.25) is 0 Å². The first kappa shape index (κ1) is 13.2. The van der Waals surface area contributed by atoms with Crippen molar-refractivity contribution in [2.75, 3.05) is 19.5 Å². The highest BCUT2D eigenvalue weighted by Gasteiger charge is 2.28. The average molecular weight is 250 g/mol. The Bertz CT molecular complexity index is 389. The number of hydrogen-bond donors (Lipinski definition) is 2. The molecule has 0 saturated heterocycles. The molecule has 100 valence electrons. The van der Waals surface area contributed by atoms with Gasteiger partial charge in [0.25, 0.3) is 0 Å². The van der Waals surface area contributed by atoms with E-state index in [4.69, 9.17) is 15.2 Å². The zero-order chi connectivity index (χ0) is 13.0. The van der Waals surface area contributed by atoms with Gasteiger partial charge in [0.05, 0.1) is 13.2 Å². The van der Waals surface area contributed by atoms with Gasteiger partial charge in [-0.1, -0.05) is 6.07 Å². The Labute approximate surface area is 108 Å². The number of anilines is 1. The Morgan fingerprint density at radius 3 is 2.78 bits per heavy atom. The second kappa shape index (κ2) is 6.07. The normalized spacial score (nSPS) is 22.6. The summed E-state index contributed by atoms with van der Waals surface area (Å²) < 4.78 is 10.7. The highest BCUT2D eigenvalue weighted by Crippen LogP contribution is 2.25. The molecule has 1 saturated carbocycles. The van der Waals surface area contributed by atoms with E-state index in [-0.39, 0.29) is 0 Å². The Morgan fingerprint density at radius 1 is 1.39 bits per heavy atom. The van der Waals surface area contributed by atoms with Gasteiger partial charge < -0.3 is 20.5 Å². The van der Waals surface area contributed by atoms with Crippen molar-refractivity contribution >= 4 is 5.69 Å². The van der Waals surface area contributed by atoms with Gasteiger partial charge >= 0.3 is 0 Å². The van der Waals surface area contributed by atoms with Crippen molar-refractivity contribution in [1.29, 1.82) is 0 Å². The van der Waals surface area contributed by atoms with Crippen LogP contribution in [0.4, 0.5) is 5.69 Å². The maximum Gasteiger partial charge on any atom is 0.120 e. The zero-order valence-corrected chi connectivity index (χ0v) is 11.1. The van der Waals surface area contributed by atoms with E-state index in [0.29, 0.717) is 12.1 Å². The first-order valence-electron chi connectivity index (χ1n) is 6.50. The average Bonchev–Trinajstić information content (AvgIpc) is 2.33. The molecule has 3 N–H and O–H groups in total. The van der Waals surface area contributed by atoms with Crippen LogP contribution in [0.5, 0.6) is 5.75 Å². The summed E-state index contributed by atoms with van der Waals surface area (Å²) in [6.07, 6.45) is 2.65. The molecule has 0 bridgehead atoms. The molecule has 1 aliphatic rings. The van der Waals surface area contributed by atoms with Gasteiger partial charge in [-0.15, -0.1) is 0 Å². The topological polar surface area (TPSA) is 56.5 Å². The Morgan fingerprint density at radius 2 is 2.17 bits per heavy atom. The van der Waals surface area contributed by atoms with Crippen LogP contribution in [0.25, 0.3) is 0 Å². The molecule has 0 spiro atoms. The van der Waals surface area contributed by atoms with Crippen molar-refractivity contribution in [3.63, 3.8) is 0 Å². The largest absolute Gasteiger partial charge is 0.497 e. The quantitative estimate of drug-likeness (QED) is 0.758. The van der Waals surface area contributed by atoms with Crippen LogP contribution in [0, 0.1) is 0 Å². The first-order valence-corrected chi connectivity index (χ1v) is 6.50. The van der Waals surface area contributed by atoms with Crippen molar-refractivity contribution in [3.05, 3.63) is 23.8 Å². The third kappa shape index (κ3) is 3.15. The van der Waals surface area contributed by atoms with Gasteiger partial charge in [-0.2, -0.15) is 0 Å². The van der Waals surface area contributed by atoms with Gasteiger partial charge in [-0.05, 0) is 31.4 Å². The van der Waals surface area contributed by atoms with E-state index in [0.717, 1.165) is 43.0 Å². The van der Waals surface area contributed by atoms with E-state index in [1.165, 1.54) is 0 Å². The number of ether oxygens (including phenoxy) is 2. The molecule has 2 rings (SSSR count). The van der Waals surface area contributed by atoms with Crippen molar-refractivity contribution in [2.24, 2.45) is 0 Å². The summed E-state index contributed by atoms with van der Waals surface area (Å²) in [6, 6.07) is 6.38. The molecule has 1 fully saturated rings. The summed E-state index contributed by atoms with van der Waals surface area (Å²) in [5.74, 6) is 0.802. The first-order chi connectivity index (χ1) is 8.72. The predicted molar refractivity (Wildman–Crippen MR) is 72.7 cm³/mol. The molecule has 0 amide bonds. The number of nitrogens with two attached hydrogens (primary N) is 1. The smallest absolute Gasteiger partial charge is 0.120 e. The lowest BCUT2D eigenvalue weighted by Gasteiger charge is -2.35. The minimum absolute atomic E-state index is 0.445. The van der Waals surface area contributed by atoms with Crippen molar-refractivity contribution in [2.45, 2.75) is 38.5 Å². The van der Waals surface area contributed by atoms with Crippen molar-refractivity contribution < 1.29 is 9.47 Å². The standard InChI is InChI=1S/C14H22N2O2/c1-3-18-13-6-11(7-13)16-9-10-4-5-12(17-2)8-14(10)15/h4-5,8,11,13,16H,3,6-7,9,15H2,1-2H3. The zero-order valence-electron chi connectivity index (χ0n) is 11.1. The number of rotatable bonds is 6. The van der Waals surface area contributed by atoms with Crippen LogP contribution in [-0.4, -0.2) is 25.9 Å². The highest BCUT2D eigenvalue weighted by atomic mass is 16.5. The van der Waals surface area contributed by atoms with Gasteiger partial charge in [0.15, 0.2) is 0 Å². The van der Waals surface area contributed by atoms with E-state index in [2.05, 4.69) is 5.32 Å². The summed E-state index contributed by atoms with van der Waals surface area (Å²) in [7, 11) is 1.65. The van der Waals surface area contributed by atoms with Crippen LogP contribution in [0.1, 0.15) is 25.3 Å². The molecule has 0 heterocycles. The third-order valence-corrected chi connectivity index (χ3v) is 3.43. The summed E-state index contributed by atoms with van der Waals surface area (Å²) in [6.45, 7) is 3.65. The lowest BCUT2D eigenvalue weighted by Crippen LogP contribution is -2.45. The number of hydrogen-bond acceptors (Lipinski definition) is 4. The Kier molecular flexibility index (Phi) is 4.44. The summed E-state index contributed by atoms with van der Waals surface area (Å²) in [5.41, 5.74) is 7.87. The molecule has 4 heteroatoms. The van der Waals surface area contributed by atoms with Gasteiger partial charge in [0.2, 0.25) is 0 Å². The van der Waals surface area contributed by atoms with Gasteiger partial charge in [0.1, 0.15) is 5.75 Å². The molecule has 18 heavy (non-hydrogen) atoms. The Hall–Kier alpha value is -1.26. The molecule has 0 aliphatic heterocycles. The second-order valence-electron chi connectivity index (χ2n) is 4.69. The fourth-order valence-electron chi connectivity index (χ4n) is 2.22. The number of nitrogens with one attached hydrogen (secondary N) is 1. The molecule has 4 nitrogen and oxygen atoms in total. The van der Waals surface area contributed by atoms with E-state index in [1.807, 2.05) is 25.1 Å². The summed E-state index contributed by atoms with van der Waals surface area (Å²) in [4.78, 5) is 0. The molecular weight excluding hydrogens is 228 g/mol. The monoisotopic (exact) mass is 250 g/mol. The SMILES string of the molecule is CCOC1CC(NCc2ccc(OC)cc2N)C1. The molecule has 1 aromatic carbocycles. The van der Waals surface area contributed by atoms with E-state index in [9.17, 15) is 0 Å². The van der Waals surface area contributed by atoms with Crippen molar-refractivity contribution in [1.82, 2.24) is 5.32 Å². The number of methoxy groups -OCH3 is 1. The molecule has 0 aromatic heterocycles. The van der Waals surface area contributed by atoms with E-state index < -0.39 is 0 Å². The van der Waals surface area contributed by atoms with Crippen LogP contribution in [0.15, 0.2) is 18.2 Å². The second-order valence-corrected chi connectivity index (χ2v) is 4.69. The molecule has 0 atom stereocenters. The summed E-state index contributed by atoms with van der Waals surface area (Å²) >= 11 is 0. The van der Waals surface area contributed by atoms with E-state index in [1.54, 1.807) is 7.11 Å². The van der Waals surface area contributed by atoms with E-state index >= 15 is 0 Å². The lowest BCUT2D eigenvalue weighted by molar-refractivity contribution is -0.0102. The van der Waals surface area contributed by atoms with Crippen LogP contribution >= 0.6 is 0 Å². The van der Waals surface area contributed by atoms with Gasteiger partial charge in [0, 0.05) is 30.9 Å². The van der Waals surface area contributed by atoms with Crippen LogP contribution in [0.3, 0.4) is 0 Å². The molecule has 0 radical (unpaired) electrons. The minimum Gasteiger partial charge on any atom is -0.497 e. The van der Waals surface area contributed by atoms with Gasteiger partial charge in [-0.25, -0.2) is 0 Å². The number of nitrogen functional groups attached to an aromatic ring is 1. The number of benzene rings is 1. The summed E-state index contributed by atoms with van der Waals surface area (Å²) in [5, 5.41) is 3.50. The maximum absolute atomic E-state index is 5.97.